The number of hydrogen-bond donors (Lipinski definition) is 0. The van der Waals surface area contributed by atoms with Gasteiger partial charge < -0.3 is 4.90 Å². The van der Waals surface area contributed by atoms with Gasteiger partial charge in [0, 0.05) is 29.2 Å². The van der Waals surface area contributed by atoms with E-state index in [4.69, 9.17) is 0 Å². The molecule has 0 amide bonds. The fraction of sp³-hybridized carbons (Fsp3) is 0.250. The third-order valence-electron chi connectivity index (χ3n) is 6.11. The van der Waals surface area contributed by atoms with E-state index in [1.807, 2.05) is 0 Å². The van der Waals surface area contributed by atoms with E-state index in [1.54, 1.807) is 5.57 Å². The highest BCUT2D eigenvalue weighted by Gasteiger charge is 2.53. The van der Waals surface area contributed by atoms with Crippen molar-refractivity contribution in [1.29, 1.82) is 0 Å². The van der Waals surface area contributed by atoms with Crippen LogP contribution in [-0.4, -0.2) is 7.05 Å². The van der Waals surface area contributed by atoms with Crippen LogP contribution in [0.15, 0.2) is 90.2 Å². The van der Waals surface area contributed by atoms with Crippen molar-refractivity contribution in [2.24, 2.45) is 11.3 Å². The Balaban J connectivity index is 1.51. The van der Waals surface area contributed by atoms with Crippen LogP contribution in [0, 0.1) is 11.3 Å². The van der Waals surface area contributed by atoms with Crippen LogP contribution in [0.4, 0.5) is 5.69 Å². The third kappa shape index (κ3) is 2.30. The standard InChI is InChI=1S/C24H23N/c1-25(23-14-6-9-18-8-2-3-13-22(18)23)21-12-7-11-19(16-21)24-15-5-4-10-20(24)17-24/h2-6,8-10,12-16,20H,7,11,17H2,1H3. The SMILES string of the molecule is CN(C1=CCCC(C23C=CC=CC2C3)=C1)c1cccc2ccccc12. The topological polar surface area (TPSA) is 3.24 Å². The van der Waals surface area contributed by atoms with Gasteiger partial charge in [0.25, 0.3) is 0 Å². The van der Waals surface area contributed by atoms with E-state index < -0.39 is 0 Å². The molecule has 0 radical (unpaired) electrons. The molecule has 2 unspecified atom stereocenters. The largest absolute Gasteiger partial charge is 0.344 e. The van der Waals surface area contributed by atoms with E-state index in [2.05, 4.69) is 90.9 Å². The van der Waals surface area contributed by atoms with E-state index in [0.29, 0.717) is 5.41 Å². The summed E-state index contributed by atoms with van der Waals surface area (Å²) in [6.45, 7) is 0. The van der Waals surface area contributed by atoms with Crippen molar-refractivity contribution in [2.75, 3.05) is 11.9 Å². The maximum Gasteiger partial charge on any atom is 0.0487 e. The summed E-state index contributed by atoms with van der Waals surface area (Å²) in [4.78, 5) is 2.36. The summed E-state index contributed by atoms with van der Waals surface area (Å²) in [5.41, 5.74) is 4.56. The summed E-state index contributed by atoms with van der Waals surface area (Å²) < 4.78 is 0. The second kappa shape index (κ2) is 5.49. The summed E-state index contributed by atoms with van der Waals surface area (Å²) in [6.07, 6.45) is 17.7. The number of allylic oxidation sites excluding steroid dienone is 7. The molecule has 2 atom stereocenters. The highest BCUT2D eigenvalue weighted by Crippen LogP contribution is 2.62. The molecule has 1 fully saturated rings. The molecule has 0 spiro atoms. The third-order valence-corrected chi connectivity index (χ3v) is 6.11. The van der Waals surface area contributed by atoms with Crippen LogP contribution < -0.4 is 4.90 Å². The number of benzene rings is 2. The first-order chi connectivity index (χ1) is 12.3. The van der Waals surface area contributed by atoms with Crippen molar-refractivity contribution in [3.05, 3.63) is 90.2 Å². The van der Waals surface area contributed by atoms with Crippen LogP contribution in [0.5, 0.6) is 0 Å². The predicted octanol–water partition coefficient (Wildman–Crippen LogP) is 6.01. The Labute approximate surface area is 149 Å². The molecular weight excluding hydrogens is 302 g/mol. The van der Waals surface area contributed by atoms with Gasteiger partial charge in [0.1, 0.15) is 0 Å². The fourth-order valence-corrected chi connectivity index (χ4v) is 4.56. The molecule has 1 nitrogen and oxygen atoms in total. The molecule has 0 N–H and O–H groups in total. The minimum absolute atomic E-state index is 0.327. The molecule has 3 aliphatic carbocycles. The van der Waals surface area contributed by atoms with Crippen molar-refractivity contribution in [3.63, 3.8) is 0 Å². The minimum atomic E-state index is 0.327. The molecule has 0 aromatic heterocycles. The molecule has 25 heavy (non-hydrogen) atoms. The molecule has 0 bridgehead atoms. The molecule has 2 aromatic rings. The Morgan fingerprint density at radius 1 is 1.04 bits per heavy atom. The maximum absolute atomic E-state index is 2.45. The van der Waals surface area contributed by atoms with Gasteiger partial charge in [0.15, 0.2) is 0 Å². The smallest absolute Gasteiger partial charge is 0.0487 e. The van der Waals surface area contributed by atoms with Crippen LogP contribution in [0.25, 0.3) is 10.8 Å². The maximum atomic E-state index is 2.45. The normalized spacial score (nSPS) is 26.8. The van der Waals surface area contributed by atoms with Gasteiger partial charge in [-0.1, -0.05) is 72.4 Å². The monoisotopic (exact) mass is 325 g/mol. The van der Waals surface area contributed by atoms with E-state index in [-0.39, 0.29) is 0 Å². The molecule has 1 saturated carbocycles. The van der Waals surface area contributed by atoms with Crippen molar-refractivity contribution in [3.8, 4) is 0 Å². The number of fused-ring (bicyclic) bond motifs is 2. The Morgan fingerprint density at radius 3 is 2.84 bits per heavy atom. The van der Waals surface area contributed by atoms with Gasteiger partial charge in [-0.05, 0) is 42.7 Å². The van der Waals surface area contributed by atoms with Crippen molar-refractivity contribution < 1.29 is 0 Å². The zero-order valence-electron chi connectivity index (χ0n) is 14.7. The Bertz CT molecular complexity index is 954. The highest BCUT2D eigenvalue weighted by atomic mass is 15.1. The lowest BCUT2D eigenvalue weighted by Gasteiger charge is -2.28. The molecule has 124 valence electrons. The van der Waals surface area contributed by atoms with E-state index in [0.717, 1.165) is 12.3 Å². The van der Waals surface area contributed by atoms with Crippen molar-refractivity contribution in [1.82, 2.24) is 0 Å². The van der Waals surface area contributed by atoms with Gasteiger partial charge in [-0.3, -0.25) is 0 Å². The highest BCUT2D eigenvalue weighted by molar-refractivity contribution is 5.95. The molecule has 0 aliphatic heterocycles. The predicted molar refractivity (Wildman–Crippen MR) is 107 cm³/mol. The number of anilines is 1. The van der Waals surface area contributed by atoms with Crippen LogP contribution in [0.2, 0.25) is 0 Å². The quantitative estimate of drug-likeness (QED) is 0.667. The molecule has 0 heterocycles. The molecule has 0 saturated heterocycles. The van der Waals surface area contributed by atoms with Gasteiger partial charge in [0.2, 0.25) is 0 Å². The van der Waals surface area contributed by atoms with Gasteiger partial charge in [-0.25, -0.2) is 0 Å². The first-order valence-electron chi connectivity index (χ1n) is 9.27. The fourth-order valence-electron chi connectivity index (χ4n) is 4.56. The summed E-state index contributed by atoms with van der Waals surface area (Å²) in [7, 11) is 2.20. The Hall–Kier alpha value is -2.54. The van der Waals surface area contributed by atoms with Gasteiger partial charge >= 0.3 is 0 Å². The average molecular weight is 325 g/mol. The Kier molecular flexibility index (Phi) is 3.24. The van der Waals surface area contributed by atoms with Gasteiger partial charge in [0.05, 0.1) is 0 Å². The van der Waals surface area contributed by atoms with Crippen LogP contribution in [0.3, 0.4) is 0 Å². The zero-order valence-corrected chi connectivity index (χ0v) is 14.7. The number of nitrogens with zero attached hydrogens (tertiary/aromatic N) is 1. The van der Waals surface area contributed by atoms with Crippen molar-refractivity contribution in [2.45, 2.75) is 19.3 Å². The summed E-state index contributed by atoms with van der Waals surface area (Å²) >= 11 is 0. The number of likely N-dealkylation sites (N-methyl/N-ethyl adjacent to an activating group) is 1. The van der Waals surface area contributed by atoms with Crippen LogP contribution in [-0.2, 0) is 0 Å². The van der Waals surface area contributed by atoms with Crippen molar-refractivity contribution >= 4 is 16.5 Å². The van der Waals surface area contributed by atoms with Gasteiger partial charge in [-0.2, -0.15) is 0 Å². The van der Waals surface area contributed by atoms with E-state index >= 15 is 0 Å². The number of hydrogen-bond acceptors (Lipinski definition) is 1. The average Bonchev–Trinajstić information content (AvgIpc) is 3.43. The Morgan fingerprint density at radius 2 is 1.92 bits per heavy atom. The second-order valence-corrected chi connectivity index (χ2v) is 7.49. The second-order valence-electron chi connectivity index (χ2n) is 7.49. The molecule has 1 heteroatoms. The lowest BCUT2D eigenvalue weighted by atomic mass is 9.84. The van der Waals surface area contributed by atoms with Crippen LogP contribution >= 0.6 is 0 Å². The molecule has 3 aliphatic rings. The summed E-state index contributed by atoms with van der Waals surface area (Å²) in [6, 6.07) is 15.2. The van der Waals surface area contributed by atoms with Gasteiger partial charge in [-0.15, -0.1) is 0 Å². The van der Waals surface area contributed by atoms with E-state index in [1.165, 1.54) is 35.0 Å². The van der Waals surface area contributed by atoms with Crippen LogP contribution in [0.1, 0.15) is 19.3 Å². The first kappa shape index (κ1) is 14.8. The lowest BCUT2D eigenvalue weighted by molar-refractivity contribution is 0.668. The molecule has 2 aromatic carbocycles. The lowest BCUT2D eigenvalue weighted by Crippen LogP contribution is -2.19. The minimum Gasteiger partial charge on any atom is -0.344 e. The molecular formula is C24H23N. The molecule has 5 rings (SSSR count). The first-order valence-corrected chi connectivity index (χ1v) is 9.27. The summed E-state index contributed by atoms with van der Waals surface area (Å²) in [5, 5.41) is 2.62. The number of rotatable bonds is 3. The zero-order chi connectivity index (χ0) is 16.9. The van der Waals surface area contributed by atoms with E-state index in [9.17, 15) is 0 Å². The summed E-state index contributed by atoms with van der Waals surface area (Å²) in [5.74, 6) is 0.728.